The van der Waals surface area contributed by atoms with E-state index < -0.39 is 0 Å². The van der Waals surface area contributed by atoms with Crippen molar-refractivity contribution in [1.29, 1.82) is 0 Å². The molecule has 18 heavy (non-hydrogen) atoms. The average molecular weight is 282 g/mol. The summed E-state index contributed by atoms with van der Waals surface area (Å²) < 4.78 is 6.04. The van der Waals surface area contributed by atoms with E-state index in [-0.39, 0.29) is 0 Å². The van der Waals surface area contributed by atoms with Gasteiger partial charge in [-0.2, -0.15) is 0 Å². The molecule has 5 nitrogen and oxygen atoms in total. The molecule has 0 spiro atoms. The van der Waals surface area contributed by atoms with Crippen LogP contribution in [0.2, 0.25) is 0 Å². The summed E-state index contributed by atoms with van der Waals surface area (Å²) in [6.07, 6.45) is 0. The molecule has 7 heteroatoms. The number of rotatable bonds is 4. The van der Waals surface area contributed by atoms with Crippen molar-refractivity contribution in [3.05, 3.63) is 18.2 Å². The Morgan fingerprint density at radius 1 is 1.33 bits per heavy atom. The van der Waals surface area contributed by atoms with Crippen LogP contribution in [0, 0.1) is 0 Å². The van der Waals surface area contributed by atoms with E-state index in [1.54, 1.807) is 7.11 Å². The lowest BCUT2D eigenvalue weighted by Gasteiger charge is -2.06. The Morgan fingerprint density at radius 2 is 2.11 bits per heavy atom. The molecular weight excluding hydrogens is 268 g/mol. The minimum atomic E-state index is 0.711. The highest BCUT2D eigenvalue weighted by molar-refractivity contribution is 8.01. The number of aromatic nitrogens is 2. The molecule has 96 valence electrons. The maximum absolute atomic E-state index is 5.93. The van der Waals surface area contributed by atoms with E-state index in [2.05, 4.69) is 10.2 Å². The lowest BCUT2D eigenvalue weighted by atomic mass is 10.3. The van der Waals surface area contributed by atoms with Crippen LogP contribution in [-0.2, 0) is 0 Å². The van der Waals surface area contributed by atoms with E-state index in [4.69, 9.17) is 10.5 Å². The van der Waals surface area contributed by atoms with Crippen LogP contribution in [0.1, 0.15) is 0 Å². The fraction of sp³-hybridized carbons (Fsp3) is 0.273. The Hall–Kier alpha value is -1.47. The Kier molecular flexibility index (Phi) is 3.93. The van der Waals surface area contributed by atoms with Crippen LogP contribution in [0.15, 0.2) is 27.4 Å². The molecule has 0 aliphatic rings. The van der Waals surface area contributed by atoms with Crippen molar-refractivity contribution in [2.45, 2.75) is 9.24 Å². The van der Waals surface area contributed by atoms with Crippen LogP contribution in [0.25, 0.3) is 0 Å². The summed E-state index contributed by atoms with van der Waals surface area (Å²) in [5, 5.41) is 9.08. The lowest BCUT2D eigenvalue weighted by molar-refractivity contribution is 0.414. The topological polar surface area (TPSA) is 64.3 Å². The standard InChI is InChI=1S/C11H14N4OS2/c1-15(2)10-13-14-11(18-10)17-9-6-7(16-3)4-5-8(9)12/h4-6H,12H2,1-3H3. The maximum Gasteiger partial charge on any atom is 0.208 e. The number of methoxy groups -OCH3 is 1. The van der Waals surface area contributed by atoms with Gasteiger partial charge in [-0.05, 0) is 18.2 Å². The number of nitrogens with zero attached hydrogens (tertiary/aromatic N) is 3. The molecule has 2 aromatic rings. The van der Waals surface area contributed by atoms with Crippen molar-refractivity contribution >= 4 is 33.9 Å². The van der Waals surface area contributed by atoms with E-state index in [0.29, 0.717) is 5.69 Å². The van der Waals surface area contributed by atoms with Gasteiger partial charge in [0.15, 0.2) is 4.34 Å². The van der Waals surface area contributed by atoms with Gasteiger partial charge in [-0.25, -0.2) is 0 Å². The fourth-order valence-electron chi connectivity index (χ4n) is 1.25. The maximum atomic E-state index is 5.93. The SMILES string of the molecule is COc1ccc(N)c(Sc2nnc(N(C)C)s2)c1. The Labute approximate surface area is 114 Å². The first-order valence-corrected chi connectivity index (χ1v) is 6.85. The Morgan fingerprint density at radius 3 is 2.72 bits per heavy atom. The molecule has 2 rings (SSSR count). The molecule has 0 aliphatic heterocycles. The molecule has 0 saturated carbocycles. The van der Waals surface area contributed by atoms with Crippen molar-refractivity contribution in [2.24, 2.45) is 0 Å². The minimum Gasteiger partial charge on any atom is -0.497 e. The second-order valence-corrected chi connectivity index (χ2v) is 6.00. The predicted molar refractivity (Wildman–Crippen MR) is 75.8 cm³/mol. The molecule has 0 saturated heterocycles. The highest BCUT2D eigenvalue weighted by Gasteiger charge is 2.10. The number of hydrogen-bond donors (Lipinski definition) is 1. The van der Waals surface area contributed by atoms with Gasteiger partial charge in [0.2, 0.25) is 5.13 Å². The van der Waals surface area contributed by atoms with Crippen molar-refractivity contribution in [1.82, 2.24) is 10.2 Å². The van der Waals surface area contributed by atoms with E-state index in [0.717, 1.165) is 20.1 Å². The van der Waals surface area contributed by atoms with Crippen molar-refractivity contribution in [3.8, 4) is 5.75 Å². The van der Waals surface area contributed by atoms with Gasteiger partial charge >= 0.3 is 0 Å². The number of nitrogen functional groups attached to an aromatic ring is 1. The van der Waals surface area contributed by atoms with Gasteiger partial charge in [0.1, 0.15) is 5.75 Å². The third-order valence-corrected chi connectivity index (χ3v) is 4.41. The van der Waals surface area contributed by atoms with Crippen LogP contribution in [0.5, 0.6) is 5.75 Å². The van der Waals surface area contributed by atoms with Gasteiger partial charge in [0, 0.05) is 24.7 Å². The molecule has 0 bridgehead atoms. The highest BCUT2D eigenvalue weighted by Crippen LogP contribution is 2.37. The summed E-state index contributed by atoms with van der Waals surface area (Å²) in [5.41, 5.74) is 6.64. The summed E-state index contributed by atoms with van der Waals surface area (Å²) in [4.78, 5) is 2.85. The number of benzene rings is 1. The zero-order chi connectivity index (χ0) is 13.1. The highest BCUT2D eigenvalue weighted by atomic mass is 32.2. The molecule has 0 aliphatic carbocycles. The quantitative estimate of drug-likeness (QED) is 0.868. The zero-order valence-corrected chi connectivity index (χ0v) is 12.0. The molecule has 0 amide bonds. The van der Waals surface area contributed by atoms with E-state index in [1.165, 1.54) is 23.1 Å². The summed E-state index contributed by atoms with van der Waals surface area (Å²) in [6, 6.07) is 5.57. The summed E-state index contributed by atoms with van der Waals surface area (Å²) >= 11 is 3.02. The molecule has 0 fully saturated rings. The van der Waals surface area contributed by atoms with Crippen molar-refractivity contribution < 1.29 is 4.74 Å². The van der Waals surface area contributed by atoms with Crippen LogP contribution >= 0.6 is 23.1 Å². The monoisotopic (exact) mass is 282 g/mol. The Bertz CT molecular complexity index is 542. The molecule has 1 aromatic heterocycles. The largest absolute Gasteiger partial charge is 0.497 e. The smallest absolute Gasteiger partial charge is 0.208 e. The molecule has 1 heterocycles. The van der Waals surface area contributed by atoms with E-state index in [9.17, 15) is 0 Å². The molecule has 2 N–H and O–H groups in total. The van der Waals surface area contributed by atoms with Crippen molar-refractivity contribution in [2.75, 3.05) is 31.8 Å². The van der Waals surface area contributed by atoms with Crippen LogP contribution < -0.4 is 15.4 Å². The van der Waals surface area contributed by atoms with Crippen molar-refractivity contribution in [3.63, 3.8) is 0 Å². The average Bonchev–Trinajstić information content (AvgIpc) is 2.81. The first-order valence-electron chi connectivity index (χ1n) is 5.22. The molecule has 0 atom stereocenters. The van der Waals surface area contributed by atoms with Gasteiger partial charge in [-0.3, -0.25) is 0 Å². The van der Waals surface area contributed by atoms with Gasteiger partial charge < -0.3 is 15.4 Å². The summed E-state index contributed by atoms with van der Waals surface area (Å²) in [6.45, 7) is 0. The van der Waals surface area contributed by atoms with E-state index in [1.807, 2.05) is 37.2 Å². The van der Waals surface area contributed by atoms with E-state index >= 15 is 0 Å². The van der Waals surface area contributed by atoms with Crippen LogP contribution in [0.3, 0.4) is 0 Å². The molecular formula is C11H14N4OS2. The lowest BCUT2D eigenvalue weighted by Crippen LogP contribution is -2.07. The number of anilines is 2. The molecule has 0 radical (unpaired) electrons. The third-order valence-electron chi connectivity index (χ3n) is 2.20. The third kappa shape index (κ3) is 2.85. The first kappa shape index (κ1) is 13.0. The van der Waals surface area contributed by atoms with Gasteiger partial charge in [-0.1, -0.05) is 23.1 Å². The van der Waals surface area contributed by atoms with Gasteiger partial charge in [0.25, 0.3) is 0 Å². The summed E-state index contributed by atoms with van der Waals surface area (Å²) in [7, 11) is 5.51. The normalized spacial score (nSPS) is 10.4. The molecule has 0 unspecified atom stereocenters. The zero-order valence-electron chi connectivity index (χ0n) is 10.4. The minimum absolute atomic E-state index is 0.711. The van der Waals surface area contributed by atoms with Crippen LogP contribution in [-0.4, -0.2) is 31.4 Å². The first-order chi connectivity index (χ1) is 8.60. The fourth-order valence-corrected chi connectivity index (χ4v) is 3.04. The number of hydrogen-bond acceptors (Lipinski definition) is 7. The number of nitrogens with two attached hydrogens (primary N) is 1. The molecule has 1 aromatic carbocycles. The second-order valence-electron chi connectivity index (χ2n) is 3.75. The van der Waals surface area contributed by atoms with Gasteiger partial charge in [0.05, 0.1) is 7.11 Å². The Balaban J connectivity index is 2.22. The second kappa shape index (κ2) is 5.45. The van der Waals surface area contributed by atoms with Crippen LogP contribution in [0.4, 0.5) is 10.8 Å². The predicted octanol–water partition coefficient (Wildman–Crippen LogP) is 2.35. The number of ether oxygens (including phenoxy) is 1. The van der Waals surface area contributed by atoms with Gasteiger partial charge in [-0.15, -0.1) is 10.2 Å². The summed E-state index contributed by atoms with van der Waals surface area (Å²) in [5.74, 6) is 0.782.